The molecule has 0 aliphatic heterocycles. The molecule has 0 radical (unpaired) electrons. The highest BCUT2D eigenvalue weighted by Crippen LogP contribution is 2.36. The van der Waals surface area contributed by atoms with Crippen molar-refractivity contribution in [3.8, 4) is 17.1 Å². The summed E-state index contributed by atoms with van der Waals surface area (Å²) in [4.78, 5) is 39.5. The lowest BCUT2D eigenvalue weighted by molar-refractivity contribution is -0.118. The van der Waals surface area contributed by atoms with Gasteiger partial charge in [-0.1, -0.05) is 29.8 Å². The predicted molar refractivity (Wildman–Crippen MR) is 142 cm³/mol. The molecule has 7 nitrogen and oxygen atoms in total. The van der Waals surface area contributed by atoms with Crippen molar-refractivity contribution in [3.63, 3.8) is 0 Å². The minimum atomic E-state index is -0.546. The van der Waals surface area contributed by atoms with Crippen molar-refractivity contribution in [3.05, 3.63) is 79.3 Å². The Hall–Kier alpha value is -3.62. The first-order chi connectivity index (χ1) is 17.2. The zero-order valence-corrected chi connectivity index (χ0v) is 21.8. The standard InChI is InChI=1S/C27H24ClNO6S/c1-5-33-27(32)22-15(3)16(4)36-26(22)29-21(30)13-34-25-23(31)18-11-10-14(2)12-20(18)35-24(25)17-8-6-7-9-19(17)28/h6-12H,5,13H2,1-4H3,(H,29,30). The average Bonchev–Trinajstić information content (AvgIpc) is 3.11. The van der Waals surface area contributed by atoms with Crippen LogP contribution in [0, 0.1) is 20.8 Å². The first-order valence-electron chi connectivity index (χ1n) is 11.2. The number of aryl methyl sites for hydroxylation is 2. The molecule has 0 atom stereocenters. The average molecular weight is 526 g/mol. The van der Waals surface area contributed by atoms with Crippen molar-refractivity contribution in [2.24, 2.45) is 0 Å². The molecule has 9 heteroatoms. The lowest BCUT2D eigenvalue weighted by Crippen LogP contribution is -2.23. The topological polar surface area (TPSA) is 94.8 Å². The number of carbonyl (C=O) groups is 2. The fourth-order valence-electron chi connectivity index (χ4n) is 3.70. The number of ether oxygens (including phenoxy) is 2. The van der Waals surface area contributed by atoms with E-state index in [1.807, 2.05) is 13.8 Å². The highest BCUT2D eigenvalue weighted by molar-refractivity contribution is 7.16. The van der Waals surface area contributed by atoms with E-state index in [0.29, 0.717) is 32.1 Å². The fourth-order valence-corrected chi connectivity index (χ4v) is 4.99. The summed E-state index contributed by atoms with van der Waals surface area (Å²) in [6.07, 6.45) is 0. The van der Waals surface area contributed by atoms with Gasteiger partial charge in [-0.15, -0.1) is 11.3 Å². The molecule has 0 saturated heterocycles. The molecule has 4 aromatic rings. The maximum Gasteiger partial charge on any atom is 0.341 e. The summed E-state index contributed by atoms with van der Waals surface area (Å²) in [5.41, 5.74) is 2.39. The zero-order chi connectivity index (χ0) is 26.0. The number of anilines is 1. The Morgan fingerprint density at radius 2 is 1.86 bits per heavy atom. The summed E-state index contributed by atoms with van der Waals surface area (Å²) >= 11 is 7.65. The summed E-state index contributed by atoms with van der Waals surface area (Å²) in [7, 11) is 0. The van der Waals surface area contributed by atoms with E-state index in [-0.39, 0.29) is 18.1 Å². The van der Waals surface area contributed by atoms with Crippen molar-refractivity contribution in [2.45, 2.75) is 27.7 Å². The van der Waals surface area contributed by atoms with Crippen LogP contribution in [0.2, 0.25) is 5.02 Å². The van der Waals surface area contributed by atoms with Crippen LogP contribution in [-0.2, 0) is 9.53 Å². The van der Waals surface area contributed by atoms with Gasteiger partial charge in [0.05, 0.1) is 22.6 Å². The Labute approximate surface area is 216 Å². The Morgan fingerprint density at radius 1 is 1.11 bits per heavy atom. The van der Waals surface area contributed by atoms with Crippen LogP contribution in [0.15, 0.2) is 51.7 Å². The normalized spacial score (nSPS) is 10.9. The summed E-state index contributed by atoms with van der Waals surface area (Å²) in [6, 6.07) is 12.1. The monoisotopic (exact) mass is 525 g/mol. The van der Waals surface area contributed by atoms with Gasteiger partial charge in [0, 0.05) is 10.4 Å². The molecule has 0 bridgehead atoms. The number of hydrogen-bond acceptors (Lipinski definition) is 7. The van der Waals surface area contributed by atoms with Crippen molar-refractivity contribution in [1.82, 2.24) is 0 Å². The quantitative estimate of drug-likeness (QED) is 0.285. The van der Waals surface area contributed by atoms with Gasteiger partial charge in [0.2, 0.25) is 11.2 Å². The van der Waals surface area contributed by atoms with Gasteiger partial charge in [0.25, 0.3) is 5.91 Å². The third-order valence-electron chi connectivity index (χ3n) is 5.59. The molecule has 2 aromatic heterocycles. The maximum atomic E-state index is 13.4. The Morgan fingerprint density at radius 3 is 2.58 bits per heavy atom. The van der Waals surface area contributed by atoms with Gasteiger partial charge in [-0.25, -0.2) is 4.79 Å². The molecule has 0 spiro atoms. The Balaban J connectivity index is 1.68. The number of carbonyl (C=O) groups excluding carboxylic acids is 2. The zero-order valence-electron chi connectivity index (χ0n) is 20.2. The lowest BCUT2D eigenvalue weighted by atomic mass is 10.1. The smallest absolute Gasteiger partial charge is 0.341 e. The minimum absolute atomic E-state index is 0.126. The molecule has 2 heterocycles. The molecule has 0 unspecified atom stereocenters. The summed E-state index contributed by atoms with van der Waals surface area (Å²) < 4.78 is 16.9. The number of amides is 1. The van der Waals surface area contributed by atoms with E-state index in [1.54, 1.807) is 56.3 Å². The van der Waals surface area contributed by atoms with Crippen LogP contribution in [0.3, 0.4) is 0 Å². The summed E-state index contributed by atoms with van der Waals surface area (Å²) in [6.45, 7) is 6.98. The van der Waals surface area contributed by atoms with E-state index in [4.69, 9.17) is 25.5 Å². The van der Waals surface area contributed by atoms with Crippen molar-refractivity contribution in [1.29, 1.82) is 0 Å². The lowest BCUT2D eigenvalue weighted by Gasteiger charge is -2.13. The summed E-state index contributed by atoms with van der Waals surface area (Å²) in [5.74, 6) is -1.05. The minimum Gasteiger partial charge on any atom is -0.476 e. The molecular weight excluding hydrogens is 502 g/mol. The molecule has 186 valence electrons. The molecule has 0 aliphatic rings. The fraction of sp³-hybridized carbons (Fsp3) is 0.222. The second-order valence-corrected chi connectivity index (χ2v) is 9.75. The van der Waals surface area contributed by atoms with Crippen LogP contribution >= 0.6 is 22.9 Å². The molecular formula is C27H24ClNO6S. The highest BCUT2D eigenvalue weighted by atomic mass is 35.5. The Kier molecular flexibility index (Phi) is 7.47. The number of fused-ring (bicyclic) bond motifs is 1. The van der Waals surface area contributed by atoms with Gasteiger partial charge >= 0.3 is 5.97 Å². The van der Waals surface area contributed by atoms with Gasteiger partial charge in [-0.3, -0.25) is 9.59 Å². The highest BCUT2D eigenvalue weighted by Gasteiger charge is 2.24. The molecule has 0 fully saturated rings. The summed E-state index contributed by atoms with van der Waals surface area (Å²) in [5, 5.41) is 3.76. The third-order valence-corrected chi connectivity index (χ3v) is 7.04. The number of esters is 1. The number of hydrogen-bond donors (Lipinski definition) is 1. The van der Waals surface area contributed by atoms with Crippen LogP contribution in [-0.4, -0.2) is 25.1 Å². The number of thiophene rings is 1. The van der Waals surface area contributed by atoms with Crippen LogP contribution in [0.1, 0.15) is 33.3 Å². The molecule has 4 rings (SSSR count). The van der Waals surface area contributed by atoms with Crippen LogP contribution in [0.5, 0.6) is 5.75 Å². The van der Waals surface area contributed by atoms with Crippen LogP contribution < -0.4 is 15.5 Å². The first-order valence-corrected chi connectivity index (χ1v) is 12.4. The van der Waals surface area contributed by atoms with Crippen molar-refractivity contribution in [2.75, 3.05) is 18.5 Å². The van der Waals surface area contributed by atoms with E-state index in [9.17, 15) is 14.4 Å². The Bertz CT molecular complexity index is 1540. The van der Waals surface area contributed by atoms with Crippen LogP contribution in [0.4, 0.5) is 5.00 Å². The number of benzene rings is 2. The van der Waals surface area contributed by atoms with Gasteiger partial charge in [0.1, 0.15) is 10.6 Å². The molecule has 2 aromatic carbocycles. The molecule has 1 N–H and O–H groups in total. The molecule has 0 aliphatic carbocycles. The van der Waals surface area contributed by atoms with Crippen molar-refractivity contribution >= 4 is 50.8 Å². The van der Waals surface area contributed by atoms with Gasteiger partial charge in [-0.05, 0) is 63.1 Å². The largest absolute Gasteiger partial charge is 0.476 e. The van der Waals surface area contributed by atoms with Crippen molar-refractivity contribution < 1.29 is 23.5 Å². The van der Waals surface area contributed by atoms with Gasteiger partial charge < -0.3 is 19.2 Å². The van der Waals surface area contributed by atoms with Gasteiger partial charge in [-0.2, -0.15) is 0 Å². The number of rotatable bonds is 7. The third kappa shape index (κ3) is 5.01. The number of nitrogens with one attached hydrogen (secondary N) is 1. The van der Waals surface area contributed by atoms with E-state index < -0.39 is 23.9 Å². The van der Waals surface area contributed by atoms with Crippen LogP contribution in [0.25, 0.3) is 22.3 Å². The second-order valence-electron chi connectivity index (χ2n) is 8.11. The molecule has 36 heavy (non-hydrogen) atoms. The first kappa shape index (κ1) is 25.5. The van der Waals surface area contributed by atoms with E-state index in [1.165, 1.54) is 11.3 Å². The molecule has 0 saturated carbocycles. The predicted octanol–water partition coefficient (Wildman–Crippen LogP) is 6.29. The number of halogens is 1. The maximum absolute atomic E-state index is 13.4. The van der Waals surface area contributed by atoms with E-state index in [2.05, 4.69) is 5.32 Å². The van der Waals surface area contributed by atoms with Gasteiger partial charge in [0.15, 0.2) is 12.4 Å². The SMILES string of the molecule is CCOC(=O)c1c(NC(=O)COc2c(-c3ccccc3Cl)oc3cc(C)ccc3c2=O)sc(C)c1C. The van der Waals surface area contributed by atoms with E-state index in [0.717, 1.165) is 16.0 Å². The second kappa shape index (κ2) is 10.6. The molecule has 1 amide bonds. The van der Waals surface area contributed by atoms with E-state index >= 15 is 0 Å².